The molecule has 0 saturated heterocycles. The molecule has 0 spiro atoms. The molecule has 0 heterocycles. The maximum absolute atomic E-state index is 12.3. The fraction of sp³-hybridized carbons (Fsp3) is 0.0625. The zero-order valence-corrected chi connectivity index (χ0v) is 9.18. The van der Waals surface area contributed by atoms with Gasteiger partial charge < -0.3 is 0 Å². The van der Waals surface area contributed by atoms with Crippen LogP contribution in [0.15, 0.2) is 54.1 Å². The molecule has 0 aromatic heterocycles. The molecule has 0 saturated carbocycles. The highest BCUT2D eigenvalue weighted by Gasteiger charge is 2.39. The van der Waals surface area contributed by atoms with Crippen LogP contribution in [0.3, 0.4) is 0 Å². The van der Waals surface area contributed by atoms with Crippen LogP contribution < -0.4 is 0 Å². The van der Waals surface area contributed by atoms with Gasteiger partial charge in [0.1, 0.15) is 0 Å². The van der Waals surface area contributed by atoms with Crippen LogP contribution >= 0.6 is 0 Å². The first kappa shape index (κ1) is 8.94. The predicted molar refractivity (Wildman–Crippen MR) is 67.0 cm³/mol. The molecular formula is C16H10O. The van der Waals surface area contributed by atoms with E-state index in [0.29, 0.717) is 0 Å². The molecule has 1 heteroatoms. The van der Waals surface area contributed by atoms with E-state index in [0.717, 1.165) is 16.7 Å². The van der Waals surface area contributed by atoms with Crippen LogP contribution in [0.1, 0.15) is 33.0 Å². The molecule has 1 unspecified atom stereocenters. The highest BCUT2D eigenvalue weighted by atomic mass is 16.1. The second kappa shape index (κ2) is 2.95. The number of fused-ring (bicyclic) bond motifs is 5. The van der Waals surface area contributed by atoms with Crippen molar-refractivity contribution in [3.8, 4) is 0 Å². The Kier molecular flexibility index (Phi) is 1.55. The summed E-state index contributed by atoms with van der Waals surface area (Å²) in [5.41, 5.74) is 5.43. The minimum atomic E-state index is 0.176. The lowest BCUT2D eigenvalue weighted by Gasteiger charge is -2.09. The first-order valence-corrected chi connectivity index (χ1v) is 5.80. The summed E-state index contributed by atoms with van der Waals surface area (Å²) < 4.78 is 0. The summed E-state index contributed by atoms with van der Waals surface area (Å²) in [5, 5.41) is 0. The van der Waals surface area contributed by atoms with E-state index >= 15 is 0 Å². The third kappa shape index (κ3) is 1.01. The molecule has 0 fully saturated rings. The van der Waals surface area contributed by atoms with Crippen molar-refractivity contribution in [1.29, 1.82) is 0 Å². The molecule has 1 nitrogen and oxygen atoms in total. The molecule has 80 valence electrons. The topological polar surface area (TPSA) is 17.1 Å². The van der Waals surface area contributed by atoms with Crippen LogP contribution in [0.5, 0.6) is 0 Å². The summed E-state index contributed by atoms with van der Waals surface area (Å²) in [7, 11) is 0. The van der Waals surface area contributed by atoms with Crippen LogP contribution in [-0.4, -0.2) is 5.78 Å². The summed E-state index contributed by atoms with van der Waals surface area (Å²) in [6.07, 6.45) is 2.04. The molecule has 0 amide bonds. The van der Waals surface area contributed by atoms with Gasteiger partial charge in [0.05, 0.1) is 0 Å². The molecule has 1 atom stereocenters. The SMILES string of the molecule is O=C1C2=Cc3ccccc3C2c2ccccc21. The van der Waals surface area contributed by atoms with Crippen LogP contribution in [0.4, 0.5) is 0 Å². The van der Waals surface area contributed by atoms with Crippen LogP contribution in [0, 0.1) is 0 Å². The van der Waals surface area contributed by atoms with Gasteiger partial charge in [-0.05, 0) is 22.8 Å². The van der Waals surface area contributed by atoms with Gasteiger partial charge in [-0.3, -0.25) is 4.79 Å². The van der Waals surface area contributed by atoms with E-state index in [9.17, 15) is 4.79 Å². The lowest BCUT2D eigenvalue weighted by molar-refractivity contribution is 0.104. The van der Waals surface area contributed by atoms with E-state index in [1.54, 1.807) is 0 Å². The van der Waals surface area contributed by atoms with Gasteiger partial charge in [-0.1, -0.05) is 48.5 Å². The number of allylic oxidation sites excluding steroid dienone is 1. The summed E-state index contributed by atoms with van der Waals surface area (Å²) >= 11 is 0. The number of Topliss-reactive ketones (excluding diaryl/α,β-unsaturated/α-hetero) is 1. The molecule has 17 heavy (non-hydrogen) atoms. The monoisotopic (exact) mass is 218 g/mol. The number of carbonyl (C=O) groups is 1. The maximum Gasteiger partial charge on any atom is 0.190 e. The lowest BCUT2D eigenvalue weighted by atomic mass is 9.93. The van der Waals surface area contributed by atoms with Crippen molar-refractivity contribution in [3.63, 3.8) is 0 Å². The van der Waals surface area contributed by atoms with E-state index in [4.69, 9.17) is 0 Å². The third-order valence-electron chi connectivity index (χ3n) is 3.71. The van der Waals surface area contributed by atoms with Gasteiger partial charge in [-0.15, -0.1) is 0 Å². The Hall–Kier alpha value is -2.15. The first-order valence-electron chi connectivity index (χ1n) is 5.80. The molecule has 0 bridgehead atoms. The predicted octanol–water partition coefficient (Wildman–Crippen LogP) is 3.41. The molecule has 2 aromatic carbocycles. The Morgan fingerprint density at radius 3 is 2.41 bits per heavy atom. The molecule has 2 aliphatic carbocycles. The summed E-state index contributed by atoms with van der Waals surface area (Å²) in [6.45, 7) is 0. The van der Waals surface area contributed by atoms with E-state index in [-0.39, 0.29) is 11.7 Å². The van der Waals surface area contributed by atoms with Crippen LogP contribution in [0.2, 0.25) is 0 Å². The van der Waals surface area contributed by atoms with Crippen molar-refractivity contribution in [2.75, 3.05) is 0 Å². The van der Waals surface area contributed by atoms with Gasteiger partial charge in [-0.2, -0.15) is 0 Å². The van der Waals surface area contributed by atoms with E-state index < -0.39 is 0 Å². The van der Waals surface area contributed by atoms with Crippen molar-refractivity contribution >= 4 is 11.9 Å². The molecule has 4 rings (SSSR count). The van der Waals surface area contributed by atoms with Crippen molar-refractivity contribution in [2.24, 2.45) is 0 Å². The Labute approximate surface area is 99.4 Å². The molecule has 2 aromatic rings. The van der Waals surface area contributed by atoms with Crippen molar-refractivity contribution in [1.82, 2.24) is 0 Å². The normalized spacial score (nSPS) is 19.6. The fourth-order valence-electron chi connectivity index (χ4n) is 2.97. The number of rotatable bonds is 0. The zero-order chi connectivity index (χ0) is 11.4. The number of hydrogen-bond donors (Lipinski definition) is 0. The van der Waals surface area contributed by atoms with Crippen LogP contribution in [0.25, 0.3) is 6.08 Å². The quantitative estimate of drug-likeness (QED) is 0.662. The summed E-state index contributed by atoms with van der Waals surface area (Å²) in [5.74, 6) is 0.372. The van der Waals surface area contributed by atoms with Crippen LogP contribution in [-0.2, 0) is 0 Å². The Balaban J connectivity index is 2.04. The minimum Gasteiger partial charge on any atom is -0.289 e. The van der Waals surface area contributed by atoms with Gasteiger partial charge in [0, 0.05) is 17.1 Å². The second-order valence-electron chi connectivity index (χ2n) is 4.58. The number of ketones is 1. The number of carbonyl (C=O) groups excluding carboxylic acids is 1. The lowest BCUT2D eigenvalue weighted by Crippen LogP contribution is -1.96. The van der Waals surface area contributed by atoms with E-state index in [2.05, 4.69) is 18.2 Å². The first-order chi connectivity index (χ1) is 8.36. The highest BCUT2D eigenvalue weighted by Crippen LogP contribution is 2.48. The largest absolute Gasteiger partial charge is 0.289 e. The zero-order valence-electron chi connectivity index (χ0n) is 9.18. The maximum atomic E-state index is 12.3. The highest BCUT2D eigenvalue weighted by molar-refractivity contribution is 6.18. The standard InChI is InChI=1S/C16H10O/c17-16-13-8-4-3-7-12(13)15-11-6-2-1-5-10(11)9-14(15)16/h1-9,15H. The molecule has 2 aliphatic rings. The molecule has 0 N–H and O–H groups in total. The summed E-state index contributed by atoms with van der Waals surface area (Å²) in [4.78, 5) is 12.3. The fourth-order valence-corrected chi connectivity index (χ4v) is 2.97. The van der Waals surface area contributed by atoms with Crippen molar-refractivity contribution in [3.05, 3.63) is 76.4 Å². The van der Waals surface area contributed by atoms with E-state index in [1.165, 1.54) is 11.1 Å². The molecular weight excluding hydrogens is 208 g/mol. The van der Waals surface area contributed by atoms with Gasteiger partial charge >= 0.3 is 0 Å². The number of benzene rings is 2. The Bertz CT molecular complexity index is 679. The third-order valence-corrected chi connectivity index (χ3v) is 3.71. The van der Waals surface area contributed by atoms with Gasteiger partial charge in [0.2, 0.25) is 0 Å². The van der Waals surface area contributed by atoms with Gasteiger partial charge in [0.25, 0.3) is 0 Å². The van der Waals surface area contributed by atoms with Crippen molar-refractivity contribution in [2.45, 2.75) is 5.92 Å². The van der Waals surface area contributed by atoms with E-state index in [1.807, 2.05) is 36.4 Å². The average molecular weight is 218 g/mol. The Morgan fingerprint density at radius 1 is 0.824 bits per heavy atom. The molecule has 0 radical (unpaired) electrons. The summed E-state index contributed by atoms with van der Waals surface area (Å²) in [6, 6.07) is 16.2. The average Bonchev–Trinajstić information content (AvgIpc) is 2.88. The second-order valence-corrected chi connectivity index (χ2v) is 4.58. The molecule has 0 aliphatic heterocycles. The minimum absolute atomic E-state index is 0.176. The number of hydrogen-bond acceptors (Lipinski definition) is 1. The van der Waals surface area contributed by atoms with Crippen molar-refractivity contribution < 1.29 is 4.79 Å². The van der Waals surface area contributed by atoms with Gasteiger partial charge in [-0.25, -0.2) is 0 Å². The Morgan fingerprint density at radius 2 is 1.53 bits per heavy atom. The smallest absolute Gasteiger partial charge is 0.190 e. The van der Waals surface area contributed by atoms with Gasteiger partial charge in [0.15, 0.2) is 5.78 Å².